The zero-order valence-electron chi connectivity index (χ0n) is 14.6. The van der Waals surface area contributed by atoms with Crippen LogP contribution in [0.4, 0.5) is 8.78 Å². The van der Waals surface area contributed by atoms with E-state index in [-0.39, 0.29) is 11.3 Å². The highest BCUT2D eigenvalue weighted by atomic mass is 32.1. The van der Waals surface area contributed by atoms with Crippen LogP contribution in [0.3, 0.4) is 0 Å². The van der Waals surface area contributed by atoms with Gasteiger partial charge in [0.05, 0.1) is 32.9 Å². The second-order valence-corrected chi connectivity index (χ2v) is 7.22. The molecule has 0 saturated carbocycles. The van der Waals surface area contributed by atoms with Crippen molar-refractivity contribution in [3.05, 3.63) is 72.3 Å². The van der Waals surface area contributed by atoms with Crippen molar-refractivity contribution in [2.45, 2.75) is 6.92 Å². The highest BCUT2D eigenvalue weighted by Gasteiger charge is 2.25. The molecule has 5 rings (SSSR count). The second kappa shape index (κ2) is 6.35. The molecular formula is C20H13F2N5S. The third kappa shape index (κ3) is 2.53. The summed E-state index contributed by atoms with van der Waals surface area (Å²) in [5.74, 6) is -0.821. The van der Waals surface area contributed by atoms with Crippen molar-refractivity contribution in [1.82, 2.24) is 24.6 Å². The summed E-state index contributed by atoms with van der Waals surface area (Å²) in [6, 6.07) is 9.53. The number of halogens is 2. The van der Waals surface area contributed by atoms with Crippen LogP contribution in [0.25, 0.3) is 38.0 Å². The van der Waals surface area contributed by atoms with E-state index in [1.807, 2.05) is 31.3 Å². The van der Waals surface area contributed by atoms with Crippen molar-refractivity contribution in [3.8, 4) is 32.5 Å². The van der Waals surface area contributed by atoms with Crippen molar-refractivity contribution < 1.29 is 8.78 Å². The van der Waals surface area contributed by atoms with Gasteiger partial charge >= 0.3 is 0 Å². The molecule has 0 spiro atoms. The molecule has 1 aromatic carbocycles. The molecule has 0 saturated heterocycles. The fraction of sp³-hybridized carbons (Fsp3) is 0.0500. The van der Waals surface area contributed by atoms with Crippen LogP contribution in [0.1, 0.15) is 5.69 Å². The SMILES string of the molecule is Cc1nn2ccccc2c1-c1nc(-c2c(F)cccc2F)c(-c2ncc[nH]2)s1. The number of imidazole rings is 1. The van der Waals surface area contributed by atoms with Crippen molar-refractivity contribution in [1.29, 1.82) is 0 Å². The fourth-order valence-electron chi connectivity index (χ4n) is 3.25. The minimum Gasteiger partial charge on any atom is -0.344 e. The summed E-state index contributed by atoms with van der Waals surface area (Å²) in [5, 5.41) is 5.14. The van der Waals surface area contributed by atoms with Gasteiger partial charge in [0.1, 0.15) is 22.5 Å². The number of benzene rings is 1. The number of rotatable bonds is 3. The molecule has 0 amide bonds. The number of nitrogens with one attached hydrogen (secondary N) is 1. The molecule has 5 aromatic rings. The Morgan fingerprint density at radius 3 is 2.61 bits per heavy atom. The van der Waals surface area contributed by atoms with Crippen LogP contribution in [0.2, 0.25) is 0 Å². The van der Waals surface area contributed by atoms with Crippen LogP contribution < -0.4 is 0 Å². The number of nitrogens with zero attached hydrogens (tertiary/aromatic N) is 4. The molecule has 0 radical (unpaired) electrons. The van der Waals surface area contributed by atoms with E-state index in [1.54, 1.807) is 16.9 Å². The molecular weight excluding hydrogens is 380 g/mol. The number of fused-ring (bicyclic) bond motifs is 1. The number of hydrogen-bond donors (Lipinski definition) is 1. The van der Waals surface area contributed by atoms with Crippen LogP contribution in [0.15, 0.2) is 55.0 Å². The molecule has 0 atom stereocenters. The van der Waals surface area contributed by atoms with Crippen LogP contribution in [0.5, 0.6) is 0 Å². The summed E-state index contributed by atoms with van der Waals surface area (Å²) in [7, 11) is 0. The monoisotopic (exact) mass is 393 g/mol. The average Bonchev–Trinajstić information content (AvgIpc) is 3.39. The molecule has 4 aromatic heterocycles. The van der Waals surface area contributed by atoms with Gasteiger partial charge in [-0.05, 0) is 31.2 Å². The molecule has 1 N–H and O–H groups in total. The van der Waals surface area contributed by atoms with Gasteiger partial charge in [-0.3, -0.25) is 0 Å². The van der Waals surface area contributed by atoms with E-state index in [4.69, 9.17) is 0 Å². The summed E-state index contributed by atoms with van der Waals surface area (Å²) >= 11 is 1.32. The standard InChI is InChI=1S/C20H13F2N5S/c1-11-15(14-7-2-3-10-27(14)26-11)20-25-17(16-12(21)5-4-6-13(16)22)18(28-20)19-23-8-9-24-19/h2-10H,1H3,(H,23,24). The molecule has 138 valence electrons. The Bertz CT molecular complexity index is 1280. The second-order valence-electron chi connectivity index (χ2n) is 6.22. The van der Waals surface area contributed by atoms with E-state index in [0.29, 0.717) is 15.7 Å². The molecule has 0 aliphatic rings. The van der Waals surface area contributed by atoms with E-state index in [0.717, 1.165) is 16.8 Å². The Morgan fingerprint density at radius 2 is 1.86 bits per heavy atom. The van der Waals surface area contributed by atoms with Gasteiger partial charge < -0.3 is 4.98 Å². The van der Waals surface area contributed by atoms with Gasteiger partial charge in [-0.15, -0.1) is 11.3 Å². The lowest BCUT2D eigenvalue weighted by molar-refractivity contribution is 0.589. The number of thiazole rings is 1. The molecule has 28 heavy (non-hydrogen) atoms. The summed E-state index contributed by atoms with van der Waals surface area (Å²) in [5.41, 5.74) is 2.55. The van der Waals surface area contributed by atoms with Crippen LogP contribution in [-0.2, 0) is 0 Å². The first-order valence-electron chi connectivity index (χ1n) is 8.53. The molecule has 8 heteroatoms. The topological polar surface area (TPSA) is 58.9 Å². The summed E-state index contributed by atoms with van der Waals surface area (Å²) < 4.78 is 30.8. The van der Waals surface area contributed by atoms with Crippen molar-refractivity contribution >= 4 is 16.9 Å². The van der Waals surface area contributed by atoms with E-state index < -0.39 is 11.6 Å². The van der Waals surface area contributed by atoms with E-state index >= 15 is 0 Å². The lowest BCUT2D eigenvalue weighted by Gasteiger charge is -2.03. The number of hydrogen-bond acceptors (Lipinski definition) is 4. The predicted octanol–water partition coefficient (Wildman–Crippen LogP) is 5.10. The van der Waals surface area contributed by atoms with Gasteiger partial charge in [-0.1, -0.05) is 12.1 Å². The Labute approximate surface area is 162 Å². The third-order valence-corrected chi connectivity index (χ3v) is 5.55. The summed E-state index contributed by atoms with van der Waals surface area (Å²) in [6.07, 6.45) is 5.11. The van der Waals surface area contributed by atoms with E-state index in [2.05, 4.69) is 20.1 Å². The fourth-order valence-corrected chi connectivity index (χ4v) is 4.39. The van der Waals surface area contributed by atoms with Gasteiger partial charge in [0, 0.05) is 18.6 Å². The van der Waals surface area contributed by atoms with Crippen LogP contribution in [-0.4, -0.2) is 24.6 Å². The van der Waals surface area contributed by atoms with E-state index in [1.165, 1.54) is 29.5 Å². The van der Waals surface area contributed by atoms with Crippen LogP contribution in [0, 0.1) is 18.6 Å². The Kier molecular flexibility index (Phi) is 3.80. The molecule has 0 fully saturated rings. The number of aromatic nitrogens is 5. The smallest absolute Gasteiger partial charge is 0.149 e. The van der Waals surface area contributed by atoms with Gasteiger partial charge in [0.2, 0.25) is 0 Å². The molecule has 0 bridgehead atoms. The van der Waals surface area contributed by atoms with Gasteiger partial charge in [-0.25, -0.2) is 23.3 Å². The summed E-state index contributed by atoms with van der Waals surface area (Å²) in [4.78, 5) is 12.5. The number of pyridine rings is 1. The lowest BCUT2D eigenvalue weighted by Crippen LogP contribution is -1.92. The first kappa shape index (κ1) is 16.8. The Hall–Kier alpha value is -3.39. The first-order valence-corrected chi connectivity index (χ1v) is 9.34. The number of aromatic amines is 1. The van der Waals surface area contributed by atoms with Crippen molar-refractivity contribution in [2.75, 3.05) is 0 Å². The third-order valence-electron chi connectivity index (χ3n) is 4.47. The normalized spacial score (nSPS) is 11.4. The zero-order valence-corrected chi connectivity index (χ0v) is 15.5. The number of aryl methyl sites for hydroxylation is 1. The largest absolute Gasteiger partial charge is 0.344 e. The van der Waals surface area contributed by atoms with E-state index in [9.17, 15) is 8.78 Å². The molecule has 0 aliphatic carbocycles. The van der Waals surface area contributed by atoms with Crippen LogP contribution >= 0.6 is 11.3 Å². The molecule has 0 aliphatic heterocycles. The Balaban J connectivity index is 1.81. The molecule has 5 nitrogen and oxygen atoms in total. The highest BCUT2D eigenvalue weighted by Crippen LogP contribution is 2.42. The molecule has 4 heterocycles. The highest BCUT2D eigenvalue weighted by molar-refractivity contribution is 7.19. The zero-order chi connectivity index (χ0) is 19.3. The average molecular weight is 393 g/mol. The maximum absolute atomic E-state index is 14.5. The Morgan fingerprint density at radius 1 is 1.04 bits per heavy atom. The minimum atomic E-state index is -0.666. The van der Waals surface area contributed by atoms with Gasteiger partial charge in [0.25, 0.3) is 0 Å². The quantitative estimate of drug-likeness (QED) is 0.464. The first-order chi connectivity index (χ1) is 13.6. The van der Waals surface area contributed by atoms with Gasteiger partial charge in [0.15, 0.2) is 0 Å². The molecule has 0 unspecified atom stereocenters. The van der Waals surface area contributed by atoms with Gasteiger partial charge in [-0.2, -0.15) is 5.10 Å². The van der Waals surface area contributed by atoms with Crippen molar-refractivity contribution in [2.24, 2.45) is 0 Å². The maximum Gasteiger partial charge on any atom is 0.149 e. The lowest BCUT2D eigenvalue weighted by atomic mass is 10.1. The maximum atomic E-state index is 14.5. The van der Waals surface area contributed by atoms with Crippen molar-refractivity contribution in [3.63, 3.8) is 0 Å². The number of H-pyrrole nitrogens is 1. The summed E-state index contributed by atoms with van der Waals surface area (Å²) in [6.45, 7) is 1.89. The predicted molar refractivity (Wildman–Crippen MR) is 104 cm³/mol. The minimum absolute atomic E-state index is 0.162.